The number of carbonyl (C=O) groups is 1. The molecule has 0 saturated carbocycles. The zero-order valence-electron chi connectivity index (χ0n) is 15.0. The summed E-state index contributed by atoms with van der Waals surface area (Å²) in [6, 6.07) is 8.35. The average molecular weight is 418 g/mol. The number of anilines is 2. The minimum atomic E-state index is -0.00757. The molecule has 1 amide bonds. The summed E-state index contributed by atoms with van der Waals surface area (Å²) >= 11 is 4.27. The Kier molecular flexibility index (Phi) is 5.18. The standard InChI is InChI=1S/C18H19N5OS3/c1-11-17(27-19)26-18(21-11)22(2)16(24)13-9-23(10-13)14-5-3-12(4-6-14)15-20-7-8-25-15/h3-8,13H,9-10,19H2,1-2H3. The highest BCUT2D eigenvalue weighted by molar-refractivity contribution is 7.99. The number of aromatic nitrogens is 2. The Bertz CT molecular complexity index is 933. The predicted octanol–water partition coefficient (Wildman–Crippen LogP) is 3.64. The number of benzene rings is 1. The smallest absolute Gasteiger partial charge is 0.235 e. The van der Waals surface area contributed by atoms with E-state index < -0.39 is 0 Å². The van der Waals surface area contributed by atoms with Gasteiger partial charge in [0.2, 0.25) is 5.91 Å². The van der Waals surface area contributed by atoms with Gasteiger partial charge >= 0.3 is 0 Å². The fourth-order valence-electron chi connectivity index (χ4n) is 3.02. The van der Waals surface area contributed by atoms with Crippen LogP contribution in [-0.2, 0) is 4.79 Å². The van der Waals surface area contributed by atoms with E-state index in [0.717, 1.165) is 39.3 Å². The lowest BCUT2D eigenvalue weighted by molar-refractivity contribution is -0.122. The monoisotopic (exact) mass is 417 g/mol. The van der Waals surface area contributed by atoms with E-state index in [0.29, 0.717) is 5.13 Å². The number of amides is 1. The van der Waals surface area contributed by atoms with Crippen molar-refractivity contribution in [1.29, 1.82) is 0 Å². The van der Waals surface area contributed by atoms with Crippen LogP contribution < -0.4 is 14.9 Å². The van der Waals surface area contributed by atoms with Gasteiger partial charge in [-0.2, -0.15) is 0 Å². The molecule has 1 aliphatic rings. The van der Waals surface area contributed by atoms with Crippen LogP contribution in [0.25, 0.3) is 10.6 Å². The van der Waals surface area contributed by atoms with Crippen LogP contribution in [0.2, 0.25) is 0 Å². The summed E-state index contributed by atoms with van der Waals surface area (Å²) in [5.74, 6) is 0.0970. The van der Waals surface area contributed by atoms with Gasteiger partial charge in [0.1, 0.15) is 5.01 Å². The molecule has 0 bridgehead atoms. The van der Waals surface area contributed by atoms with E-state index in [1.165, 1.54) is 23.3 Å². The first kappa shape index (κ1) is 18.4. The van der Waals surface area contributed by atoms with E-state index in [-0.39, 0.29) is 11.8 Å². The molecule has 1 fully saturated rings. The van der Waals surface area contributed by atoms with E-state index in [1.54, 1.807) is 23.3 Å². The Balaban J connectivity index is 1.37. The minimum absolute atomic E-state index is 0.00757. The normalized spacial score (nSPS) is 14.3. The van der Waals surface area contributed by atoms with E-state index >= 15 is 0 Å². The molecule has 0 atom stereocenters. The molecular formula is C18H19N5OS3. The molecule has 2 aromatic heterocycles. The molecule has 3 aromatic rings. The van der Waals surface area contributed by atoms with E-state index in [4.69, 9.17) is 5.14 Å². The molecule has 1 aliphatic heterocycles. The minimum Gasteiger partial charge on any atom is -0.370 e. The van der Waals surface area contributed by atoms with Gasteiger partial charge in [-0.3, -0.25) is 14.8 Å². The summed E-state index contributed by atoms with van der Waals surface area (Å²) in [6.45, 7) is 3.36. The SMILES string of the molecule is Cc1nc(N(C)C(=O)C2CN(c3ccc(-c4nccs4)cc3)C2)sc1SN. The first-order valence-electron chi connectivity index (χ1n) is 8.43. The van der Waals surface area contributed by atoms with Crippen LogP contribution in [0.1, 0.15) is 5.69 Å². The van der Waals surface area contributed by atoms with E-state index in [2.05, 4.69) is 39.1 Å². The Hall–Kier alpha value is -1.94. The Labute approximate surface area is 170 Å². The summed E-state index contributed by atoms with van der Waals surface area (Å²) in [5, 5.41) is 9.34. The van der Waals surface area contributed by atoms with Gasteiger partial charge in [0, 0.05) is 43.0 Å². The van der Waals surface area contributed by atoms with Crippen LogP contribution in [0.5, 0.6) is 0 Å². The molecule has 27 heavy (non-hydrogen) atoms. The molecule has 1 saturated heterocycles. The van der Waals surface area contributed by atoms with Crippen molar-refractivity contribution in [1.82, 2.24) is 9.97 Å². The van der Waals surface area contributed by atoms with Crippen molar-refractivity contribution in [3.8, 4) is 10.6 Å². The van der Waals surface area contributed by atoms with Crippen LogP contribution in [0.15, 0.2) is 40.1 Å². The van der Waals surface area contributed by atoms with Crippen molar-refractivity contribution < 1.29 is 4.79 Å². The number of hydrogen-bond donors (Lipinski definition) is 1. The third kappa shape index (κ3) is 3.60. The van der Waals surface area contributed by atoms with E-state index in [1.807, 2.05) is 18.5 Å². The number of hydrogen-bond acceptors (Lipinski definition) is 8. The molecule has 3 heterocycles. The Morgan fingerprint density at radius 3 is 2.67 bits per heavy atom. The summed E-state index contributed by atoms with van der Waals surface area (Å²) < 4.78 is 0.945. The lowest BCUT2D eigenvalue weighted by atomic mass is 9.97. The second kappa shape index (κ2) is 7.59. The van der Waals surface area contributed by atoms with Crippen LogP contribution in [0.3, 0.4) is 0 Å². The van der Waals surface area contributed by atoms with E-state index in [9.17, 15) is 4.79 Å². The maximum Gasteiger partial charge on any atom is 0.235 e. The number of aryl methyl sites for hydroxylation is 1. The molecule has 0 radical (unpaired) electrons. The first-order valence-corrected chi connectivity index (χ1v) is 11.0. The second-order valence-electron chi connectivity index (χ2n) is 6.37. The Morgan fingerprint density at radius 2 is 2.07 bits per heavy atom. The summed E-state index contributed by atoms with van der Waals surface area (Å²) in [4.78, 5) is 25.4. The van der Waals surface area contributed by atoms with Gasteiger partial charge in [-0.25, -0.2) is 9.97 Å². The maximum atomic E-state index is 12.7. The lowest BCUT2D eigenvalue weighted by Crippen LogP contribution is -2.54. The van der Waals surface area contributed by atoms with Crippen molar-refractivity contribution in [3.63, 3.8) is 0 Å². The molecule has 2 N–H and O–H groups in total. The van der Waals surface area contributed by atoms with Crippen molar-refractivity contribution in [2.24, 2.45) is 11.1 Å². The fourth-order valence-corrected chi connectivity index (χ4v) is 5.06. The van der Waals surface area contributed by atoms with Gasteiger partial charge < -0.3 is 4.90 Å². The first-order chi connectivity index (χ1) is 13.1. The highest BCUT2D eigenvalue weighted by atomic mass is 32.2. The quantitative estimate of drug-likeness (QED) is 0.639. The predicted molar refractivity (Wildman–Crippen MR) is 114 cm³/mol. The van der Waals surface area contributed by atoms with Crippen molar-refractivity contribution >= 4 is 51.3 Å². The third-order valence-corrected chi connectivity index (χ3v) is 7.51. The van der Waals surface area contributed by atoms with Crippen LogP contribution in [0, 0.1) is 12.8 Å². The molecule has 4 rings (SSSR count). The fraction of sp³-hybridized carbons (Fsp3) is 0.278. The van der Waals surface area contributed by atoms with Gasteiger partial charge in [0.15, 0.2) is 5.13 Å². The van der Waals surface area contributed by atoms with Gasteiger partial charge in [0.25, 0.3) is 0 Å². The number of rotatable bonds is 5. The number of nitrogens with two attached hydrogens (primary N) is 1. The number of nitrogens with zero attached hydrogens (tertiary/aromatic N) is 4. The molecule has 9 heteroatoms. The van der Waals surface area contributed by atoms with Crippen LogP contribution >= 0.6 is 34.6 Å². The highest BCUT2D eigenvalue weighted by Gasteiger charge is 2.35. The average Bonchev–Trinajstić information content (AvgIpc) is 3.30. The number of thiazole rings is 2. The lowest BCUT2D eigenvalue weighted by Gasteiger charge is -2.41. The zero-order chi connectivity index (χ0) is 19.0. The highest BCUT2D eigenvalue weighted by Crippen LogP contribution is 2.33. The largest absolute Gasteiger partial charge is 0.370 e. The molecule has 0 unspecified atom stereocenters. The summed E-state index contributed by atoms with van der Waals surface area (Å²) in [7, 11) is 1.79. The van der Waals surface area contributed by atoms with Crippen molar-refractivity contribution in [2.75, 3.05) is 29.9 Å². The third-order valence-electron chi connectivity index (χ3n) is 4.61. The Morgan fingerprint density at radius 1 is 1.33 bits per heavy atom. The molecule has 140 valence electrons. The maximum absolute atomic E-state index is 12.7. The topological polar surface area (TPSA) is 75.4 Å². The van der Waals surface area contributed by atoms with Gasteiger partial charge in [0.05, 0.1) is 15.8 Å². The van der Waals surface area contributed by atoms with Crippen molar-refractivity contribution in [3.05, 3.63) is 41.5 Å². The molecule has 6 nitrogen and oxygen atoms in total. The van der Waals surface area contributed by atoms with Gasteiger partial charge in [-0.05, 0) is 43.1 Å². The zero-order valence-corrected chi connectivity index (χ0v) is 17.4. The van der Waals surface area contributed by atoms with Crippen molar-refractivity contribution in [2.45, 2.75) is 11.1 Å². The van der Waals surface area contributed by atoms with Gasteiger partial charge in [-0.1, -0.05) is 11.3 Å². The van der Waals surface area contributed by atoms with Crippen LogP contribution in [-0.4, -0.2) is 36.0 Å². The molecule has 0 aliphatic carbocycles. The number of carbonyl (C=O) groups excluding carboxylic acids is 1. The van der Waals surface area contributed by atoms with Crippen LogP contribution in [0.4, 0.5) is 10.8 Å². The second-order valence-corrected chi connectivity index (χ2v) is 9.14. The molecule has 1 aromatic carbocycles. The molecule has 0 spiro atoms. The summed E-state index contributed by atoms with van der Waals surface area (Å²) in [6.07, 6.45) is 1.81. The molecular weight excluding hydrogens is 398 g/mol. The summed E-state index contributed by atoms with van der Waals surface area (Å²) in [5.41, 5.74) is 3.13. The van der Waals surface area contributed by atoms with Gasteiger partial charge in [-0.15, -0.1) is 11.3 Å².